The fourth-order valence-corrected chi connectivity index (χ4v) is 3.62. The van der Waals surface area contributed by atoms with E-state index in [1.807, 2.05) is 54.7 Å². The van der Waals surface area contributed by atoms with E-state index in [0.29, 0.717) is 6.42 Å². The van der Waals surface area contributed by atoms with Crippen LogP contribution in [-0.2, 0) is 6.42 Å². The Morgan fingerprint density at radius 2 is 1.81 bits per heavy atom. The highest BCUT2D eigenvalue weighted by atomic mass is 16.5. The number of nitrogens with one attached hydrogen (secondary N) is 1. The third-order valence-electron chi connectivity index (χ3n) is 5.07. The lowest BCUT2D eigenvalue weighted by molar-refractivity contribution is 0.112. The summed E-state index contributed by atoms with van der Waals surface area (Å²) in [5, 5.41) is 14.6. The molecule has 0 fully saturated rings. The summed E-state index contributed by atoms with van der Waals surface area (Å²) in [5.41, 5.74) is 3.15. The molecule has 2 N–H and O–H groups in total. The van der Waals surface area contributed by atoms with Gasteiger partial charge >= 0.3 is 0 Å². The quantitative estimate of drug-likeness (QED) is 0.726. The van der Waals surface area contributed by atoms with Gasteiger partial charge in [-0.2, -0.15) is 0 Å². The summed E-state index contributed by atoms with van der Waals surface area (Å²) in [6, 6.07) is 21.9. The summed E-state index contributed by atoms with van der Waals surface area (Å²) in [7, 11) is 0. The second-order valence-electron chi connectivity index (χ2n) is 6.91. The molecule has 4 rings (SSSR count). The number of ether oxygens (including phenoxy) is 1. The first kappa shape index (κ1) is 17.7. The highest BCUT2D eigenvalue weighted by Crippen LogP contribution is 2.38. The molecule has 0 radical (unpaired) electrons. The number of hydrogen-bond donors (Lipinski definition) is 2. The van der Waals surface area contributed by atoms with E-state index < -0.39 is 6.10 Å². The largest absolute Gasteiger partial charge is 0.485 e. The van der Waals surface area contributed by atoms with Crippen molar-refractivity contribution >= 4 is 0 Å². The van der Waals surface area contributed by atoms with Crippen molar-refractivity contribution in [3.05, 3.63) is 95.8 Å². The molecule has 4 nitrogen and oxygen atoms in total. The van der Waals surface area contributed by atoms with Crippen LogP contribution in [0.5, 0.6) is 5.75 Å². The van der Waals surface area contributed by atoms with Crippen molar-refractivity contribution in [2.75, 3.05) is 6.54 Å². The fourth-order valence-electron chi connectivity index (χ4n) is 3.62. The van der Waals surface area contributed by atoms with Crippen molar-refractivity contribution in [3.8, 4) is 5.75 Å². The zero-order valence-corrected chi connectivity index (χ0v) is 15.2. The van der Waals surface area contributed by atoms with Crippen LogP contribution in [0, 0.1) is 0 Å². The van der Waals surface area contributed by atoms with Gasteiger partial charge in [0.05, 0.1) is 6.10 Å². The second kappa shape index (κ2) is 8.33. The molecule has 2 heterocycles. The van der Waals surface area contributed by atoms with E-state index in [1.165, 1.54) is 5.56 Å². The van der Waals surface area contributed by atoms with Gasteiger partial charge in [-0.15, -0.1) is 0 Å². The van der Waals surface area contributed by atoms with Crippen LogP contribution in [0.4, 0.5) is 0 Å². The summed E-state index contributed by atoms with van der Waals surface area (Å²) in [4.78, 5) is 4.16. The minimum absolute atomic E-state index is 0.0875. The number of para-hydroxylation sites is 1. The first-order valence-corrected chi connectivity index (χ1v) is 9.42. The zero-order chi connectivity index (χ0) is 18.5. The Morgan fingerprint density at radius 1 is 1.00 bits per heavy atom. The predicted octanol–water partition coefficient (Wildman–Crippen LogP) is 3.84. The van der Waals surface area contributed by atoms with Crippen LogP contribution in [0.3, 0.4) is 0 Å². The smallest absolute Gasteiger partial charge is 0.126 e. The SMILES string of the molecule is OC1c2ccccc2OC(c2ccccc2)CC1NCCc1cccnc1. The second-order valence-corrected chi connectivity index (χ2v) is 6.91. The van der Waals surface area contributed by atoms with E-state index in [2.05, 4.69) is 28.5 Å². The van der Waals surface area contributed by atoms with Crippen LogP contribution in [0.15, 0.2) is 79.1 Å². The number of benzene rings is 2. The maximum absolute atomic E-state index is 11.0. The highest BCUT2D eigenvalue weighted by molar-refractivity contribution is 5.38. The van der Waals surface area contributed by atoms with E-state index in [9.17, 15) is 5.11 Å². The van der Waals surface area contributed by atoms with E-state index in [-0.39, 0.29) is 12.1 Å². The number of pyridine rings is 1. The molecule has 0 saturated heterocycles. The van der Waals surface area contributed by atoms with Gasteiger partial charge in [-0.05, 0) is 36.2 Å². The van der Waals surface area contributed by atoms with Crippen molar-refractivity contribution in [1.29, 1.82) is 0 Å². The number of nitrogens with zero attached hydrogens (tertiary/aromatic N) is 1. The Hall–Kier alpha value is -2.69. The molecule has 1 aliphatic rings. The molecule has 3 aromatic rings. The topological polar surface area (TPSA) is 54.4 Å². The van der Waals surface area contributed by atoms with E-state index in [0.717, 1.165) is 29.8 Å². The van der Waals surface area contributed by atoms with Crippen LogP contribution in [0.2, 0.25) is 0 Å². The summed E-state index contributed by atoms with van der Waals surface area (Å²) in [5.74, 6) is 0.760. The zero-order valence-electron chi connectivity index (χ0n) is 15.2. The van der Waals surface area contributed by atoms with Gasteiger partial charge < -0.3 is 15.2 Å². The summed E-state index contributed by atoms with van der Waals surface area (Å²) >= 11 is 0. The maximum Gasteiger partial charge on any atom is 0.126 e. The fraction of sp³-hybridized carbons (Fsp3) is 0.261. The number of aliphatic hydroxyl groups is 1. The number of aliphatic hydroxyl groups excluding tert-OH is 1. The Kier molecular flexibility index (Phi) is 5.47. The predicted molar refractivity (Wildman–Crippen MR) is 106 cm³/mol. The average Bonchev–Trinajstić information content (AvgIpc) is 2.87. The Bertz CT molecular complexity index is 855. The van der Waals surface area contributed by atoms with Gasteiger partial charge in [-0.25, -0.2) is 0 Å². The molecule has 0 aliphatic carbocycles. The molecule has 3 atom stereocenters. The molecule has 0 saturated carbocycles. The third kappa shape index (κ3) is 4.18. The Balaban J connectivity index is 1.54. The van der Waals surface area contributed by atoms with Gasteiger partial charge in [-0.1, -0.05) is 54.6 Å². The number of fused-ring (bicyclic) bond motifs is 1. The van der Waals surface area contributed by atoms with Crippen molar-refractivity contribution < 1.29 is 9.84 Å². The summed E-state index contributed by atoms with van der Waals surface area (Å²) < 4.78 is 6.30. The van der Waals surface area contributed by atoms with Gasteiger partial charge in [-0.3, -0.25) is 4.98 Å². The van der Waals surface area contributed by atoms with Crippen molar-refractivity contribution in [1.82, 2.24) is 10.3 Å². The summed E-state index contributed by atoms with van der Waals surface area (Å²) in [6.45, 7) is 0.775. The van der Waals surface area contributed by atoms with Crippen LogP contribution < -0.4 is 10.1 Å². The molecular formula is C23H24N2O2. The highest BCUT2D eigenvalue weighted by Gasteiger charge is 2.32. The molecule has 3 unspecified atom stereocenters. The molecule has 0 spiro atoms. The van der Waals surface area contributed by atoms with Gasteiger partial charge in [0.1, 0.15) is 11.9 Å². The van der Waals surface area contributed by atoms with Crippen molar-refractivity contribution in [2.24, 2.45) is 0 Å². The van der Waals surface area contributed by atoms with Crippen LogP contribution in [0.25, 0.3) is 0 Å². The normalized spacial score (nSPS) is 21.7. The van der Waals surface area contributed by atoms with Gasteiger partial charge in [0.25, 0.3) is 0 Å². The summed E-state index contributed by atoms with van der Waals surface area (Å²) in [6.07, 6.45) is 4.54. The molecular weight excluding hydrogens is 336 g/mol. The third-order valence-corrected chi connectivity index (χ3v) is 5.07. The molecule has 0 amide bonds. The van der Waals surface area contributed by atoms with E-state index in [1.54, 1.807) is 6.20 Å². The average molecular weight is 360 g/mol. The number of hydrogen-bond acceptors (Lipinski definition) is 4. The Labute approximate surface area is 159 Å². The lowest BCUT2D eigenvalue weighted by Gasteiger charge is -2.24. The van der Waals surface area contributed by atoms with Gasteiger partial charge in [0.15, 0.2) is 0 Å². The van der Waals surface area contributed by atoms with Crippen LogP contribution >= 0.6 is 0 Å². The Morgan fingerprint density at radius 3 is 2.63 bits per heavy atom. The minimum atomic E-state index is -0.608. The minimum Gasteiger partial charge on any atom is -0.485 e. The van der Waals surface area contributed by atoms with Crippen molar-refractivity contribution in [2.45, 2.75) is 31.1 Å². The monoisotopic (exact) mass is 360 g/mol. The van der Waals surface area contributed by atoms with Gasteiger partial charge in [0, 0.05) is 30.4 Å². The van der Waals surface area contributed by atoms with Crippen LogP contribution in [0.1, 0.15) is 35.3 Å². The molecule has 1 aromatic heterocycles. The molecule has 1 aliphatic heterocycles. The lowest BCUT2D eigenvalue weighted by atomic mass is 9.95. The van der Waals surface area contributed by atoms with Gasteiger partial charge in [0.2, 0.25) is 0 Å². The first-order chi connectivity index (χ1) is 13.3. The maximum atomic E-state index is 11.0. The number of aromatic nitrogens is 1. The van der Waals surface area contributed by atoms with Crippen LogP contribution in [-0.4, -0.2) is 22.7 Å². The van der Waals surface area contributed by atoms with Crippen molar-refractivity contribution in [3.63, 3.8) is 0 Å². The molecule has 138 valence electrons. The lowest BCUT2D eigenvalue weighted by Crippen LogP contribution is -2.37. The standard InChI is InChI=1S/C23H24N2O2/c26-23-19-10-4-5-11-21(19)27-22(18-8-2-1-3-9-18)15-20(23)25-14-12-17-7-6-13-24-16-17/h1-11,13,16,20,22-23,25-26H,12,14-15H2. The first-order valence-electron chi connectivity index (χ1n) is 9.42. The number of rotatable bonds is 5. The molecule has 2 aromatic carbocycles. The molecule has 27 heavy (non-hydrogen) atoms. The van der Waals surface area contributed by atoms with E-state index >= 15 is 0 Å². The molecule has 4 heteroatoms. The van der Waals surface area contributed by atoms with E-state index in [4.69, 9.17) is 4.74 Å². The molecule has 0 bridgehead atoms.